The Hall–Kier alpha value is -3.22. The van der Waals surface area contributed by atoms with E-state index in [4.69, 9.17) is 15.9 Å². The van der Waals surface area contributed by atoms with Crippen molar-refractivity contribution >= 4 is 23.7 Å². The minimum atomic E-state index is -1.57. The average molecular weight is 440 g/mol. The van der Waals surface area contributed by atoms with Crippen molar-refractivity contribution in [3.8, 4) is 5.75 Å². The quantitative estimate of drug-likeness (QED) is 0.178. The molecule has 0 aromatic heterocycles. The van der Waals surface area contributed by atoms with Crippen molar-refractivity contribution in [3.63, 3.8) is 0 Å². The van der Waals surface area contributed by atoms with Crippen molar-refractivity contribution in [1.29, 1.82) is 0 Å². The number of hydrogen-bond donors (Lipinski definition) is 8. The van der Waals surface area contributed by atoms with Crippen molar-refractivity contribution in [2.45, 2.75) is 50.5 Å². The van der Waals surface area contributed by atoms with Gasteiger partial charge >= 0.3 is 5.97 Å². The molecule has 1 aromatic rings. The van der Waals surface area contributed by atoms with E-state index < -0.39 is 60.6 Å². The Balaban J connectivity index is 2.91. The molecule has 31 heavy (non-hydrogen) atoms. The first kappa shape index (κ1) is 25.8. The number of aliphatic carboxylic acids is 1. The Morgan fingerprint density at radius 2 is 1.55 bits per heavy atom. The lowest BCUT2D eigenvalue weighted by Crippen LogP contribution is -2.58. The predicted octanol–water partition coefficient (Wildman–Crippen LogP) is -2.81. The third-order valence-electron chi connectivity index (χ3n) is 4.34. The van der Waals surface area contributed by atoms with Crippen molar-refractivity contribution in [3.05, 3.63) is 29.8 Å². The van der Waals surface area contributed by atoms with E-state index in [1.807, 2.05) is 0 Å². The molecule has 1 aromatic carbocycles. The summed E-state index contributed by atoms with van der Waals surface area (Å²) in [5.41, 5.74) is 6.05. The molecule has 0 fully saturated rings. The highest BCUT2D eigenvalue weighted by molar-refractivity contribution is 5.94. The number of phenolic OH excluding ortho intramolecular Hbond substituents is 1. The first-order valence-corrected chi connectivity index (χ1v) is 9.42. The number of rotatable bonds is 11. The topological polar surface area (TPSA) is 211 Å². The Morgan fingerprint density at radius 1 is 0.968 bits per heavy atom. The summed E-state index contributed by atoms with van der Waals surface area (Å²) in [6.45, 7) is 1.84. The van der Waals surface area contributed by atoms with Gasteiger partial charge in [0.1, 0.15) is 23.9 Å². The van der Waals surface area contributed by atoms with Crippen LogP contribution in [0.1, 0.15) is 19.4 Å². The molecule has 0 bridgehead atoms. The van der Waals surface area contributed by atoms with Gasteiger partial charge in [-0.2, -0.15) is 0 Å². The molecule has 0 saturated heterocycles. The Bertz CT molecular complexity index is 784. The maximum Gasteiger partial charge on any atom is 0.328 e. The SMILES string of the molecule is CC(NC(=O)C(Cc1ccc(O)cc1)NC(=O)C(N)CO)C(=O)NC(C(=O)O)C(C)O. The number of carboxylic acids is 1. The van der Waals surface area contributed by atoms with Crippen LogP contribution in [0.2, 0.25) is 0 Å². The summed E-state index contributed by atoms with van der Waals surface area (Å²) in [6.07, 6.45) is -1.39. The van der Waals surface area contributed by atoms with E-state index in [1.165, 1.54) is 38.1 Å². The minimum absolute atomic E-state index is 0.00693. The highest BCUT2D eigenvalue weighted by Crippen LogP contribution is 2.11. The normalized spacial score (nSPS) is 15.6. The molecule has 0 aliphatic rings. The summed E-state index contributed by atoms with van der Waals surface area (Å²) in [7, 11) is 0. The molecule has 0 radical (unpaired) electrons. The summed E-state index contributed by atoms with van der Waals surface area (Å²) >= 11 is 0. The fraction of sp³-hybridized carbons (Fsp3) is 0.474. The lowest BCUT2D eigenvalue weighted by Gasteiger charge is -2.24. The van der Waals surface area contributed by atoms with Crippen LogP contribution in [0.5, 0.6) is 5.75 Å². The van der Waals surface area contributed by atoms with Crippen LogP contribution in [-0.4, -0.2) is 81.0 Å². The molecule has 0 spiro atoms. The van der Waals surface area contributed by atoms with Crippen LogP contribution in [0.25, 0.3) is 0 Å². The van der Waals surface area contributed by atoms with E-state index in [0.717, 1.165) is 0 Å². The largest absolute Gasteiger partial charge is 0.508 e. The van der Waals surface area contributed by atoms with Crippen LogP contribution in [-0.2, 0) is 25.6 Å². The molecule has 0 aliphatic carbocycles. The maximum absolute atomic E-state index is 12.7. The van der Waals surface area contributed by atoms with Gasteiger partial charge < -0.3 is 42.1 Å². The summed E-state index contributed by atoms with van der Waals surface area (Å²) in [4.78, 5) is 48.1. The minimum Gasteiger partial charge on any atom is -0.508 e. The number of aliphatic hydroxyl groups excluding tert-OH is 2. The van der Waals surface area contributed by atoms with Crippen molar-refractivity contribution in [2.24, 2.45) is 5.73 Å². The molecular formula is C19H28N4O8. The van der Waals surface area contributed by atoms with Gasteiger partial charge in [-0.25, -0.2) is 4.79 Å². The monoisotopic (exact) mass is 440 g/mol. The van der Waals surface area contributed by atoms with Crippen molar-refractivity contribution in [2.75, 3.05) is 6.61 Å². The number of nitrogens with two attached hydrogens (primary N) is 1. The lowest BCUT2D eigenvalue weighted by molar-refractivity contribution is -0.145. The standard InChI is InChI=1S/C19H28N4O8/c1-9(16(27)23-15(10(2)25)19(30)31)21-18(29)14(22-17(28)13(20)8-24)7-11-3-5-12(26)6-4-11/h3-6,9-10,13-15,24-26H,7-8,20H2,1-2H3,(H,21,29)(H,22,28)(H,23,27)(H,30,31). The summed E-state index contributed by atoms with van der Waals surface area (Å²) in [5.74, 6) is -3.86. The molecule has 5 atom stereocenters. The molecule has 3 amide bonds. The first-order chi connectivity index (χ1) is 14.5. The fourth-order valence-electron chi connectivity index (χ4n) is 2.49. The van der Waals surface area contributed by atoms with Gasteiger partial charge in [-0.3, -0.25) is 14.4 Å². The van der Waals surface area contributed by atoms with Crippen LogP contribution in [0.4, 0.5) is 0 Å². The highest BCUT2D eigenvalue weighted by atomic mass is 16.4. The zero-order chi connectivity index (χ0) is 23.7. The van der Waals surface area contributed by atoms with Gasteiger partial charge in [0, 0.05) is 6.42 Å². The number of carboxylic acid groups (broad SMARTS) is 1. The van der Waals surface area contributed by atoms with Crippen LogP contribution in [0, 0.1) is 0 Å². The zero-order valence-electron chi connectivity index (χ0n) is 17.1. The van der Waals surface area contributed by atoms with Gasteiger partial charge in [0.15, 0.2) is 6.04 Å². The molecule has 0 heterocycles. The first-order valence-electron chi connectivity index (χ1n) is 9.42. The predicted molar refractivity (Wildman–Crippen MR) is 108 cm³/mol. The van der Waals surface area contributed by atoms with Crippen molar-refractivity contribution in [1.82, 2.24) is 16.0 Å². The third kappa shape index (κ3) is 8.20. The van der Waals surface area contributed by atoms with Crippen LogP contribution < -0.4 is 21.7 Å². The molecule has 1 rings (SSSR count). The van der Waals surface area contributed by atoms with Gasteiger partial charge in [0.2, 0.25) is 17.7 Å². The number of aliphatic hydroxyl groups is 2. The van der Waals surface area contributed by atoms with Crippen molar-refractivity contribution < 1.29 is 39.6 Å². The second kappa shape index (κ2) is 11.8. The Labute approximate surface area is 178 Å². The van der Waals surface area contributed by atoms with Crippen LogP contribution in [0.15, 0.2) is 24.3 Å². The fourth-order valence-corrected chi connectivity index (χ4v) is 2.49. The smallest absolute Gasteiger partial charge is 0.328 e. The van der Waals surface area contributed by atoms with E-state index in [1.54, 1.807) is 0 Å². The zero-order valence-corrected chi connectivity index (χ0v) is 17.1. The second-order valence-corrected chi connectivity index (χ2v) is 7.02. The second-order valence-electron chi connectivity index (χ2n) is 7.02. The molecule has 0 saturated carbocycles. The number of hydrogen-bond acceptors (Lipinski definition) is 8. The average Bonchev–Trinajstić information content (AvgIpc) is 2.71. The summed E-state index contributed by atoms with van der Waals surface area (Å²) < 4.78 is 0. The summed E-state index contributed by atoms with van der Waals surface area (Å²) in [6, 6.07) is 0.636. The van der Waals surface area contributed by atoms with E-state index in [0.29, 0.717) is 5.56 Å². The van der Waals surface area contributed by atoms with Crippen LogP contribution >= 0.6 is 0 Å². The Morgan fingerprint density at radius 3 is 2.03 bits per heavy atom. The molecule has 12 nitrogen and oxygen atoms in total. The third-order valence-corrected chi connectivity index (χ3v) is 4.34. The summed E-state index contributed by atoms with van der Waals surface area (Å²) in [5, 5.41) is 43.8. The number of amides is 3. The van der Waals surface area contributed by atoms with E-state index >= 15 is 0 Å². The molecule has 172 valence electrons. The van der Waals surface area contributed by atoms with E-state index in [9.17, 15) is 29.4 Å². The number of aromatic hydroxyl groups is 1. The Kier molecular flexibility index (Phi) is 9.86. The van der Waals surface area contributed by atoms with Crippen LogP contribution in [0.3, 0.4) is 0 Å². The number of carbonyl (C=O) groups excluding carboxylic acids is 3. The number of benzene rings is 1. The molecular weight excluding hydrogens is 412 g/mol. The molecule has 0 aliphatic heterocycles. The maximum atomic E-state index is 12.7. The molecule has 12 heteroatoms. The number of carbonyl (C=O) groups is 4. The van der Waals surface area contributed by atoms with E-state index in [2.05, 4.69) is 16.0 Å². The molecule has 9 N–H and O–H groups in total. The lowest BCUT2D eigenvalue weighted by atomic mass is 10.0. The highest BCUT2D eigenvalue weighted by Gasteiger charge is 2.30. The number of phenols is 1. The van der Waals surface area contributed by atoms with E-state index in [-0.39, 0.29) is 12.2 Å². The van der Waals surface area contributed by atoms with Gasteiger partial charge in [0.25, 0.3) is 0 Å². The van der Waals surface area contributed by atoms with Gasteiger partial charge in [-0.1, -0.05) is 12.1 Å². The number of nitrogens with one attached hydrogen (secondary N) is 3. The van der Waals surface area contributed by atoms with Gasteiger partial charge in [0.05, 0.1) is 12.7 Å². The molecule has 5 unspecified atom stereocenters. The van der Waals surface area contributed by atoms with Gasteiger partial charge in [-0.05, 0) is 31.5 Å². The van der Waals surface area contributed by atoms with Gasteiger partial charge in [-0.15, -0.1) is 0 Å².